The zero-order chi connectivity index (χ0) is 21.6. The van der Waals surface area contributed by atoms with Gasteiger partial charge in [0.25, 0.3) is 5.91 Å². The molecule has 0 spiro atoms. The number of fused-ring (bicyclic) bond motifs is 1. The van der Waals surface area contributed by atoms with Gasteiger partial charge in [0.1, 0.15) is 5.82 Å². The molecule has 2 N–H and O–H groups in total. The lowest BCUT2D eigenvalue weighted by Gasteiger charge is -2.20. The number of carbonyl (C=O) groups excluding carboxylic acids is 1. The Hall–Kier alpha value is -3.66. The van der Waals surface area contributed by atoms with Gasteiger partial charge in [-0.15, -0.1) is 0 Å². The molecule has 3 aromatic carbocycles. The van der Waals surface area contributed by atoms with Crippen LogP contribution in [-0.2, 0) is 0 Å². The fourth-order valence-electron chi connectivity index (χ4n) is 3.83. The number of pyridine rings is 1. The van der Waals surface area contributed by atoms with Gasteiger partial charge in [0.05, 0.1) is 17.1 Å². The fraction of sp³-hybridized carbons (Fsp3) is 0.185. The summed E-state index contributed by atoms with van der Waals surface area (Å²) in [4.78, 5) is 18.1. The standard InChI is InChI=1S/C27H27N3O/c1-3-24(21-14-8-5-9-15-21)30-27(31)23-18-26(29-25-17-11-10-16-22(23)25)28-19(2)20-12-6-4-7-13-20/h4-19,24H,3H2,1-2H3,(H,28,29)(H,30,31). The molecule has 1 aromatic heterocycles. The molecule has 0 saturated heterocycles. The molecule has 31 heavy (non-hydrogen) atoms. The Morgan fingerprint density at radius 3 is 2.16 bits per heavy atom. The third kappa shape index (κ3) is 4.75. The summed E-state index contributed by atoms with van der Waals surface area (Å²) in [6.07, 6.45) is 0.814. The van der Waals surface area contributed by atoms with Crippen molar-refractivity contribution in [3.05, 3.63) is 108 Å². The summed E-state index contributed by atoms with van der Waals surface area (Å²) in [6, 6.07) is 30.0. The number of carbonyl (C=O) groups is 1. The second kappa shape index (κ2) is 9.43. The topological polar surface area (TPSA) is 54.0 Å². The van der Waals surface area contributed by atoms with Crippen LogP contribution in [0.25, 0.3) is 10.9 Å². The van der Waals surface area contributed by atoms with Crippen molar-refractivity contribution >= 4 is 22.6 Å². The Morgan fingerprint density at radius 2 is 1.48 bits per heavy atom. The van der Waals surface area contributed by atoms with E-state index in [1.54, 1.807) is 0 Å². The number of para-hydroxylation sites is 1. The molecule has 4 rings (SSSR count). The quantitative estimate of drug-likeness (QED) is 0.377. The highest BCUT2D eigenvalue weighted by molar-refractivity contribution is 6.07. The molecule has 0 aliphatic carbocycles. The van der Waals surface area contributed by atoms with Gasteiger partial charge in [-0.05, 0) is 36.6 Å². The van der Waals surface area contributed by atoms with E-state index in [0.717, 1.165) is 22.9 Å². The number of hydrogen-bond donors (Lipinski definition) is 2. The van der Waals surface area contributed by atoms with Gasteiger partial charge in [-0.1, -0.05) is 85.8 Å². The average Bonchev–Trinajstić information content (AvgIpc) is 2.83. The van der Waals surface area contributed by atoms with Crippen LogP contribution in [0.15, 0.2) is 91.0 Å². The number of anilines is 1. The molecule has 4 nitrogen and oxygen atoms in total. The van der Waals surface area contributed by atoms with Crippen LogP contribution in [0.1, 0.15) is 53.8 Å². The molecule has 0 aliphatic heterocycles. The predicted molar refractivity (Wildman–Crippen MR) is 127 cm³/mol. The lowest BCUT2D eigenvalue weighted by atomic mass is 10.0. The summed E-state index contributed by atoms with van der Waals surface area (Å²) in [6.45, 7) is 4.17. The van der Waals surface area contributed by atoms with Crippen LogP contribution in [0.4, 0.5) is 5.82 Å². The van der Waals surface area contributed by atoms with E-state index in [4.69, 9.17) is 4.98 Å². The molecule has 1 heterocycles. The van der Waals surface area contributed by atoms with Gasteiger partial charge in [0.15, 0.2) is 0 Å². The second-order valence-electron chi connectivity index (χ2n) is 7.69. The predicted octanol–water partition coefficient (Wildman–Crippen LogP) is 6.29. The molecule has 2 unspecified atom stereocenters. The monoisotopic (exact) mass is 409 g/mol. The zero-order valence-electron chi connectivity index (χ0n) is 17.9. The molecule has 4 heteroatoms. The van der Waals surface area contributed by atoms with Crippen LogP contribution >= 0.6 is 0 Å². The number of nitrogens with zero attached hydrogens (tertiary/aromatic N) is 1. The summed E-state index contributed by atoms with van der Waals surface area (Å²) in [7, 11) is 0. The van der Waals surface area contributed by atoms with Crippen LogP contribution in [0.5, 0.6) is 0 Å². The number of hydrogen-bond acceptors (Lipinski definition) is 3. The molecule has 0 bridgehead atoms. The SMILES string of the molecule is CCC(NC(=O)c1cc(NC(C)c2ccccc2)nc2ccccc12)c1ccccc1. The Balaban J connectivity index is 1.65. The number of amides is 1. The Bertz CT molecular complexity index is 1160. The molecule has 1 amide bonds. The first-order valence-corrected chi connectivity index (χ1v) is 10.7. The minimum atomic E-state index is -0.0929. The van der Waals surface area contributed by atoms with Crippen molar-refractivity contribution in [1.82, 2.24) is 10.3 Å². The first-order chi connectivity index (χ1) is 15.2. The van der Waals surface area contributed by atoms with Crippen LogP contribution in [0, 0.1) is 0 Å². The Morgan fingerprint density at radius 1 is 0.871 bits per heavy atom. The maximum absolute atomic E-state index is 13.3. The average molecular weight is 410 g/mol. The third-order valence-electron chi connectivity index (χ3n) is 5.54. The normalized spacial score (nSPS) is 12.8. The van der Waals surface area contributed by atoms with E-state index in [1.807, 2.05) is 78.9 Å². The maximum Gasteiger partial charge on any atom is 0.252 e. The van der Waals surface area contributed by atoms with Gasteiger partial charge in [-0.25, -0.2) is 4.98 Å². The van der Waals surface area contributed by atoms with Gasteiger partial charge in [-0.2, -0.15) is 0 Å². The van der Waals surface area contributed by atoms with Crippen LogP contribution in [0.2, 0.25) is 0 Å². The summed E-state index contributed by atoms with van der Waals surface area (Å²) in [5.41, 5.74) is 3.69. The molecule has 156 valence electrons. The van der Waals surface area contributed by atoms with Crippen LogP contribution in [-0.4, -0.2) is 10.9 Å². The van der Waals surface area contributed by atoms with Crippen molar-refractivity contribution in [3.8, 4) is 0 Å². The van der Waals surface area contributed by atoms with Crippen LogP contribution < -0.4 is 10.6 Å². The molecule has 0 saturated carbocycles. The number of nitrogens with one attached hydrogen (secondary N) is 2. The van der Waals surface area contributed by atoms with E-state index in [1.165, 1.54) is 5.56 Å². The van der Waals surface area contributed by atoms with E-state index in [0.29, 0.717) is 11.4 Å². The molecule has 0 fully saturated rings. The summed E-state index contributed by atoms with van der Waals surface area (Å²) >= 11 is 0. The smallest absolute Gasteiger partial charge is 0.252 e. The van der Waals surface area contributed by atoms with Gasteiger partial charge < -0.3 is 10.6 Å². The van der Waals surface area contributed by atoms with Crippen molar-refractivity contribution < 1.29 is 4.79 Å². The summed E-state index contributed by atoms with van der Waals surface area (Å²) in [5, 5.41) is 7.51. The molecular weight excluding hydrogens is 382 g/mol. The van der Waals surface area contributed by atoms with Gasteiger partial charge >= 0.3 is 0 Å². The zero-order valence-corrected chi connectivity index (χ0v) is 17.9. The van der Waals surface area contributed by atoms with Crippen molar-refractivity contribution in [1.29, 1.82) is 0 Å². The number of benzene rings is 3. The van der Waals surface area contributed by atoms with Crippen molar-refractivity contribution in [2.75, 3.05) is 5.32 Å². The van der Waals surface area contributed by atoms with Gasteiger partial charge in [-0.3, -0.25) is 4.79 Å². The van der Waals surface area contributed by atoms with E-state index in [9.17, 15) is 4.79 Å². The highest BCUT2D eigenvalue weighted by Crippen LogP contribution is 2.25. The van der Waals surface area contributed by atoms with Gasteiger partial charge in [0.2, 0.25) is 0 Å². The Kier molecular flexibility index (Phi) is 6.27. The minimum absolute atomic E-state index is 0.0414. The van der Waals surface area contributed by atoms with Crippen LogP contribution in [0.3, 0.4) is 0 Å². The van der Waals surface area contributed by atoms with Crippen molar-refractivity contribution in [2.24, 2.45) is 0 Å². The number of aromatic nitrogens is 1. The molecule has 4 aromatic rings. The first-order valence-electron chi connectivity index (χ1n) is 10.7. The number of rotatable bonds is 7. The maximum atomic E-state index is 13.3. The van der Waals surface area contributed by atoms with E-state index in [-0.39, 0.29) is 18.0 Å². The minimum Gasteiger partial charge on any atom is -0.364 e. The summed E-state index contributed by atoms with van der Waals surface area (Å²) < 4.78 is 0. The highest BCUT2D eigenvalue weighted by Gasteiger charge is 2.18. The molecular formula is C27H27N3O. The van der Waals surface area contributed by atoms with Crippen molar-refractivity contribution in [3.63, 3.8) is 0 Å². The van der Waals surface area contributed by atoms with E-state index >= 15 is 0 Å². The van der Waals surface area contributed by atoms with Gasteiger partial charge in [0, 0.05) is 11.4 Å². The first kappa shape index (κ1) is 20.6. The molecule has 2 atom stereocenters. The fourth-order valence-corrected chi connectivity index (χ4v) is 3.83. The molecule has 0 aliphatic rings. The lowest BCUT2D eigenvalue weighted by Crippen LogP contribution is -2.28. The van der Waals surface area contributed by atoms with E-state index in [2.05, 4.69) is 36.6 Å². The third-order valence-corrected chi connectivity index (χ3v) is 5.54. The lowest BCUT2D eigenvalue weighted by molar-refractivity contribution is 0.0937. The summed E-state index contributed by atoms with van der Waals surface area (Å²) in [5.74, 6) is 0.595. The van der Waals surface area contributed by atoms with E-state index < -0.39 is 0 Å². The Labute approximate surface area is 183 Å². The van der Waals surface area contributed by atoms with Crippen molar-refractivity contribution in [2.45, 2.75) is 32.4 Å². The second-order valence-corrected chi connectivity index (χ2v) is 7.69. The molecule has 0 radical (unpaired) electrons. The largest absolute Gasteiger partial charge is 0.364 e. The highest BCUT2D eigenvalue weighted by atomic mass is 16.1.